The van der Waals surface area contributed by atoms with Crippen LogP contribution in [0.4, 0.5) is 19.0 Å². The number of amides is 1. The Kier molecular flexibility index (Phi) is 3.84. The first kappa shape index (κ1) is 16.5. The van der Waals surface area contributed by atoms with E-state index in [1.807, 2.05) is 0 Å². The lowest BCUT2D eigenvalue weighted by Crippen LogP contribution is -2.47. The van der Waals surface area contributed by atoms with Gasteiger partial charge in [0.2, 0.25) is 0 Å². The van der Waals surface area contributed by atoms with Gasteiger partial charge in [0.05, 0.1) is 11.6 Å². The normalized spacial score (nSPS) is 18.0. The molecular formula is C15H15F3N4O2. The number of anilines is 1. The predicted octanol–water partition coefficient (Wildman–Crippen LogP) is 1.64. The third kappa shape index (κ3) is 2.76. The van der Waals surface area contributed by atoms with E-state index in [0.717, 1.165) is 12.1 Å². The fraction of sp³-hybridized carbons (Fsp3) is 0.333. The van der Waals surface area contributed by atoms with Gasteiger partial charge in [-0.3, -0.25) is 14.7 Å². The highest BCUT2D eigenvalue weighted by Crippen LogP contribution is 2.32. The summed E-state index contributed by atoms with van der Waals surface area (Å²) in [5.74, 6) is -0.586. The first-order valence-electron chi connectivity index (χ1n) is 7.17. The van der Waals surface area contributed by atoms with Crippen LogP contribution in [-0.4, -0.2) is 26.9 Å². The van der Waals surface area contributed by atoms with Gasteiger partial charge in [-0.05, 0) is 11.6 Å². The molecule has 3 rings (SSSR count). The van der Waals surface area contributed by atoms with Gasteiger partial charge in [0, 0.05) is 31.1 Å². The molecule has 0 unspecified atom stereocenters. The summed E-state index contributed by atoms with van der Waals surface area (Å²) in [5.41, 5.74) is 6.58. The number of nitrogens with zero attached hydrogens (tertiary/aromatic N) is 3. The lowest BCUT2D eigenvalue weighted by molar-refractivity contribution is -0.137. The quantitative estimate of drug-likeness (QED) is 0.814. The van der Waals surface area contributed by atoms with Crippen molar-refractivity contribution in [3.05, 3.63) is 46.6 Å². The molecule has 0 radical (unpaired) electrons. The summed E-state index contributed by atoms with van der Waals surface area (Å²) in [6.45, 7) is 0. The average Bonchev–Trinajstić information content (AvgIpc) is 2.81. The molecule has 24 heavy (non-hydrogen) atoms. The molecule has 128 valence electrons. The van der Waals surface area contributed by atoms with E-state index in [1.165, 1.54) is 10.7 Å². The summed E-state index contributed by atoms with van der Waals surface area (Å²) < 4.78 is 39.9. The van der Waals surface area contributed by atoms with E-state index in [-0.39, 0.29) is 18.7 Å². The Morgan fingerprint density at radius 1 is 1.42 bits per heavy atom. The number of hydroxylamine groups is 1. The smallest absolute Gasteiger partial charge is 0.320 e. The van der Waals surface area contributed by atoms with Gasteiger partial charge in [-0.15, -0.1) is 0 Å². The van der Waals surface area contributed by atoms with E-state index in [2.05, 4.69) is 5.10 Å². The number of hydrogen-bond acceptors (Lipinski definition) is 4. The number of aryl methyl sites for hydroxylation is 1. The van der Waals surface area contributed by atoms with Crippen molar-refractivity contribution in [1.82, 2.24) is 9.78 Å². The van der Waals surface area contributed by atoms with Crippen molar-refractivity contribution >= 4 is 11.7 Å². The van der Waals surface area contributed by atoms with Crippen molar-refractivity contribution < 1.29 is 23.2 Å². The molecule has 0 saturated heterocycles. The fourth-order valence-electron chi connectivity index (χ4n) is 2.81. The van der Waals surface area contributed by atoms with Crippen molar-refractivity contribution in [3.63, 3.8) is 0 Å². The molecule has 6 nitrogen and oxygen atoms in total. The second-order valence-electron chi connectivity index (χ2n) is 5.71. The molecule has 2 aromatic rings. The van der Waals surface area contributed by atoms with Crippen LogP contribution in [-0.2, 0) is 30.9 Å². The molecule has 1 aromatic heterocycles. The van der Waals surface area contributed by atoms with E-state index < -0.39 is 23.7 Å². The van der Waals surface area contributed by atoms with Crippen LogP contribution in [0.3, 0.4) is 0 Å². The van der Waals surface area contributed by atoms with E-state index in [4.69, 9.17) is 5.73 Å². The van der Waals surface area contributed by atoms with Gasteiger partial charge in [-0.25, -0.2) is 0 Å². The number of carbonyl (C=O) groups is 1. The van der Waals surface area contributed by atoms with Crippen LogP contribution >= 0.6 is 0 Å². The Morgan fingerprint density at radius 3 is 2.79 bits per heavy atom. The minimum absolute atomic E-state index is 0.0752. The number of carbonyl (C=O) groups excluding carboxylic acids is 1. The summed E-state index contributed by atoms with van der Waals surface area (Å²) in [7, 11) is 1.60. The maximum Gasteiger partial charge on any atom is 0.416 e. The van der Waals surface area contributed by atoms with E-state index >= 15 is 0 Å². The zero-order chi connectivity index (χ0) is 17.6. The lowest BCUT2D eigenvalue weighted by Gasteiger charge is -2.24. The Morgan fingerprint density at radius 2 is 2.12 bits per heavy atom. The van der Waals surface area contributed by atoms with Crippen LogP contribution in [0.5, 0.6) is 0 Å². The van der Waals surface area contributed by atoms with E-state index in [9.17, 15) is 23.2 Å². The molecule has 0 saturated carbocycles. The van der Waals surface area contributed by atoms with Gasteiger partial charge >= 0.3 is 6.18 Å². The fourth-order valence-corrected chi connectivity index (χ4v) is 2.81. The Bertz CT molecular complexity index is 801. The Balaban J connectivity index is 1.98. The first-order valence-corrected chi connectivity index (χ1v) is 7.17. The molecule has 2 heterocycles. The average molecular weight is 340 g/mol. The second kappa shape index (κ2) is 5.60. The monoisotopic (exact) mass is 340 g/mol. The van der Waals surface area contributed by atoms with Crippen LogP contribution in [0.15, 0.2) is 24.3 Å². The highest BCUT2D eigenvalue weighted by molar-refractivity contribution is 5.97. The Hall–Kier alpha value is -2.39. The molecule has 0 bridgehead atoms. The van der Waals surface area contributed by atoms with Crippen LogP contribution in [0, 0.1) is 0 Å². The number of nitrogens with two attached hydrogens (primary N) is 1. The highest BCUT2D eigenvalue weighted by atomic mass is 19.4. The largest absolute Gasteiger partial charge is 0.416 e. The van der Waals surface area contributed by atoms with Crippen LogP contribution in [0.25, 0.3) is 0 Å². The molecular weight excluding hydrogens is 325 g/mol. The standard InChI is InChI=1S/C15H15F3N4O2/c1-21-12(6-8-3-2-4-9(5-8)15(16,17)18)10-7-11(19)14(23)22(24)13(10)20-21/h2-5,11,24H,6-7,19H2,1H3/t11-/m0/s1. The minimum Gasteiger partial charge on any atom is -0.320 e. The SMILES string of the molecule is Cn1nc2c(c1Cc1cccc(C(F)(F)F)c1)C[C@H](N)C(=O)N2O. The van der Waals surface area contributed by atoms with Gasteiger partial charge in [0.15, 0.2) is 5.82 Å². The van der Waals surface area contributed by atoms with Crippen LogP contribution in [0.1, 0.15) is 22.4 Å². The van der Waals surface area contributed by atoms with Gasteiger partial charge < -0.3 is 5.73 Å². The number of alkyl halides is 3. The predicted molar refractivity (Wildman–Crippen MR) is 78.4 cm³/mol. The molecule has 0 fully saturated rings. The van der Waals surface area contributed by atoms with Gasteiger partial charge in [-0.1, -0.05) is 18.2 Å². The number of hydrogen-bond donors (Lipinski definition) is 2. The van der Waals surface area contributed by atoms with Crippen LogP contribution < -0.4 is 10.8 Å². The van der Waals surface area contributed by atoms with Gasteiger partial charge in [-0.2, -0.15) is 23.3 Å². The molecule has 0 spiro atoms. The molecule has 3 N–H and O–H groups in total. The third-order valence-corrected chi connectivity index (χ3v) is 4.03. The van der Waals surface area contributed by atoms with E-state index in [1.54, 1.807) is 13.1 Å². The first-order chi connectivity index (χ1) is 11.2. The number of benzene rings is 1. The molecule has 1 amide bonds. The summed E-state index contributed by atoms with van der Waals surface area (Å²) in [5, 5.41) is 14.3. The van der Waals surface area contributed by atoms with E-state index in [0.29, 0.717) is 21.9 Å². The lowest BCUT2D eigenvalue weighted by atomic mass is 9.97. The molecule has 1 aliphatic heterocycles. The highest BCUT2D eigenvalue weighted by Gasteiger charge is 2.35. The van der Waals surface area contributed by atoms with Crippen molar-refractivity contribution in [3.8, 4) is 0 Å². The molecule has 1 atom stereocenters. The Labute approximate surface area is 135 Å². The maximum absolute atomic E-state index is 12.8. The summed E-state index contributed by atoms with van der Waals surface area (Å²) in [6, 6.07) is 4.09. The van der Waals surface area contributed by atoms with Crippen molar-refractivity contribution in [2.24, 2.45) is 12.8 Å². The van der Waals surface area contributed by atoms with Gasteiger partial charge in [0.1, 0.15) is 0 Å². The third-order valence-electron chi connectivity index (χ3n) is 4.03. The molecule has 1 aliphatic rings. The second-order valence-corrected chi connectivity index (χ2v) is 5.71. The van der Waals surface area contributed by atoms with Crippen molar-refractivity contribution in [2.75, 3.05) is 5.06 Å². The molecule has 9 heteroatoms. The van der Waals surface area contributed by atoms with Crippen LogP contribution in [0.2, 0.25) is 0 Å². The topological polar surface area (TPSA) is 84.4 Å². The zero-order valence-corrected chi connectivity index (χ0v) is 12.7. The number of halogens is 3. The number of aromatic nitrogens is 2. The summed E-state index contributed by atoms with van der Waals surface area (Å²) in [4.78, 5) is 11.7. The molecule has 0 aliphatic carbocycles. The van der Waals surface area contributed by atoms with Gasteiger partial charge in [0.25, 0.3) is 5.91 Å². The zero-order valence-electron chi connectivity index (χ0n) is 12.7. The maximum atomic E-state index is 12.8. The minimum atomic E-state index is -4.42. The number of rotatable bonds is 2. The summed E-state index contributed by atoms with van der Waals surface area (Å²) in [6.07, 6.45) is -4.07. The summed E-state index contributed by atoms with van der Waals surface area (Å²) >= 11 is 0. The number of fused-ring (bicyclic) bond motifs is 1. The molecule has 1 aromatic carbocycles. The van der Waals surface area contributed by atoms with Crippen molar-refractivity contribution in [1.29, 1.82) is 0 Å². The van der Waals surface area contributed by atoms with Crippen molar-refractivity contribution in [2.45, 2.75) is 25.1 Å².